The highest BCUT2D eigenvalue weighted by Crippen LogP contribution is 2.65. The Balaban J connectivity index is 2.09. The van der Waals surface area contributed by atoms with Gasteiger partial charge in [-0.1, -0.05) is 47.0 Å². The number of hydrogen-bond acceptors (Lipinski definition) is 9. The first kappa shape index (κ1) is 18.8. The number of carboxylic acid groups (broad SMARTS) is 1. The Morgan fingerprint density at radius 1 is 0.857 bits per heavy atom. The molecule has 0 aromatic heterocycles. The van der Waals surface area contributed by atoms with Gasteiger partial charge in [0.05, 0.1) is 31.2 Å². The molecule has 2 rings (SSSR count). The van der Waals surface area contributed by atoms with Crippen molar-refractivity contribution in [2.24, 2.45) is 0 Å². The Kier molecular flexibility index (Phi) is 8.16. The summed E-state index contributed by atoms with van der Waals surface area (Å²) in [7, 11) is 0. The Labute approximate surface area is 158 Å². The van der Waals surface area contributed by atoms with Crippen molar-refractivity contribution >= 4 is 100 Å². The highest BCUT2D eigenvalue weighted by Gasteiger charge is 2.29. The van der Waals surface area contributed by atoms with Gasteiger partial charge in [0.1, 0.15) is 0 Å². The molecule has 0 aromatic carbocycles. The van der Waals surface area contributed by atoms with E-state index in [0.29, 0.717) is 0 Å². The maximum atomic E-state index is 10.8. The van der Waals surface area contributed by atoms with Crippen molar-refractivity contribution in [3.63, 3.8) is 0 Å². The van der Waals surface area contributed by atoms with Crippen molar-refractivity contribution in [1.29, 1.82) is 0 Å². The fourth-order valence-electron chi connectivity index (χ4n) is 1.30. The molecule has 0 aromatic rings. The van der Waals surface area contributed by atoms with Crippen molar-refractivity contribution < 1.29 is 9.90 Å². The molecule has 10 heteroatoms. The highest BCUT2D eigenvalue weighted by atomic mass is 32.3. The number of hydrogen-bond donors (Lipinski definition) is 1. The third kappa shape index (κ3) is 4.98. The number of thioether (sulfide) groups is 8. The van der Waals surface area contributed by atoms with Crippen LogP contribution in [-0.2, 0) is 4.79 Å². The van der Waals surface area contributed by atoms with E-state index in [1.54, 1.807) is 58.8 Å². The number of rotatable bonds is 6. The van der Waals surface area contributed by atoms with Crippen molar-refractivity contribution in [1.82, 2.24) is 0 Å². The van der Waals surface area contributed by atoms with E-state index in [1.165, 1.54) is 32.9 Å². The molecule has 0 saturated heterocycles. The van der Waals surface area contributed by atoms with Gasteiger partial charge in [0.2, 0.25) is 0 Å². The van der Waals surface area contributed by atoms with Gasteiger partial charge in [0, 0.05) is 0 Å². The number of carboxylic acids is 1. The highest BCUT2D eigenvalue weighted by molar-refractivity contribution is 8.45. The largest absolute Gasteiger partial charge is 0.481 e. The molecule has 2 aliphatic heterocycles. The topological polar surface area (TPSA) is 37.3 Å². The summed E-state index contributed by atoms with van der Waals surface area (Å²) in [6.45, 7) is 0. The molecule has 2 heterocycles. The van der Waals surface area contributed by atoms with E-state index in [2.05, 4.69) is 12.5 Å². The zero-order chi connectivity index (χ0) is 15.4. The maximum absolute atomic E-state index is 10.8. The van der Waals surface area contributed by atoms with E-state index in [1.807, 2.05) is 29.8 Å². The first-order chi connectivity index (χ1) is 10.1. The van der Waals surface area contributed by atoms with Crippen LogP contribution in [0, 0.1) is 0 Å². The molecule has 0 spiro atoms. The first-order valence-corrected chi connectivity index (χ1v) is 13.4. The van der Waals surface area contributed by atoms with Crippen LogP contribution in [0.4, 0.5) is 0 Å². The Morgan fingerprint density at radius 2 is 1.24 bits per heavy atom. The molecule has 2 nitrogen and oxygen atoms in total. The molecule has 21 heavy (non-hydrogen) atoms. The minimum Gasteiger partial charge on any atom is -0.481 e. The minimum absolute atomic E-state index is 0.125. The van der Waals surface area contributed by atoms with Crippen LogP contribution in [0.5, 0.6) is 0 Å². The van der Waals surface area contributed by atoms with Crippen LogP contribution in [0.15, 0.2) is 25.4 Å². The van der Waals surface area contributed by atoms with Crippen molar-refractivity contribution in [3.05, 3.63) is 25.4 Å². The lowest BCUT2D eigenvalue weighted by Crippen LogP contribution is -1.97. The van der Waals surface area contributed by atoms with E-state index in [-0.39, 0.29) is 5.75 Å². The van der Waals surface area contributed by atoms with Gasteiger partial charge < -0.3 is 5.11 Å². The van der Waals surface area contributed by atoms with E-state index >= 15 is 0 Å². The minimum atomic E-state index is -0.764. The zero-order valence-electron chi connectivity index (χ0n) is 11.3. The molecule has 0 aliphatic carbocycles. The Hall–Kier alpha value is 1.49. The average Bonchev–Trinajstić information content (AvgIpc) is 3.07. The van der Waals surface area contributed by atoms with E-state index in [9.17, 15) is 4.79 Å². The second-order valence-electron chi connectivity index (χ2n) is 3.43. The Morgan fingerprint density at radius 3 is 1.62 bits per heavy atom. The summed E-state index contributed by atoms with van der Waals surface area (Å²) in [5.41, 5.74) is 0. The van der Waals surface area contributed by atoms with Crippen LogP contribution in [0.3, 0.4) is 0 Å². The molecule has 0 amide bonds. The van der Waals surface area contributed by atoms with Crippen LogP contribution in [-0.4, -0.2) is 35.6 Å². The number of carbonyl (C=O) groups is 1. The lowest BCUT2D eigenvalue weighted by atomic mass is 10.8. The summed E-state index contributed by atoms with van der Waals surface area (Å²) in [5.74, 6) is -0.638. The van der Waals surface area contributed by atoms with E-state index in [4.69, 9.17) is 5.11 Å². The van der Waals surface area contributed by atoms with Crippen molar-refractivity contribution in [2.45, 2.75) is 0 Å². The van der Waals surface area contributed by atoms with E-state index in [0.717, 1.165) is 4.24 Å². The van der Waals surface area contributed by atoms with Crippen LogP contribution >= 0.6 is 94.1 Å². The summed E-state index contributed by atoms with van der Waals surface area (Å²) in [6.07, 6.45) is 6.27. The standard InChI is InChI=1S/C11H12O2S8/c1-14-6-7(15-2)19-10(18-6)11-20-8(16-3)9(21-11)17-4-5(12)13/h4H2,1-3H3,(H,12,13). The zero-order valence-corrected chi connectivity index (χ0v) is 17.9. The first-order valence-electron chi connectivity index (χ1n) is 5.49. The number of aliphatic carboxylic acids is 1. The molecule has 0 bridgehead atoms. The van der Waals surface area contributed by atoms with Crippen LogP contribution in [0.1, 0.15) is 0 Å². The summed E-state index contributed by atoms with van der Waals surface area (Å²) in [6, 6.07) is 0. The maximum Gasteiger partial charge on any atom is 0.313 e. The van der Waals surface area contributed by atoms with Gasteiger partial charge in [0.25, 0.3) is 0 Å². The lowest BCUT2D eigenvalue weighted by Gasteiger charge is -2.01. The van der Waals surface area contributed by atoms with Gasteiger partial charge in [-0.3, -0.25) is 4.79 Å². The van der Waals surface area contributed by atoms with Gasteiger partial charge in [-0.25, -0.2) is 0 Å². The molecule has 0 radical (unpaired) electrons. The molecular weight excluding hydrogens is 421 g/mol. The predicted octanol–water partition coefficient (Wildman–Crippen LogP) is 6.23. The summed E-state index contributed by atoms with van der Waals surface area (Å²) < 4.78 is 7.70. The van der Waals surface area contributed by atoms with Crippen LogP contribution < -0.4 is 0 Å². The molecule has 0 unspecified atom stereocenters. The molecular formula is C11H12O2S8. The summed E-state index contributed by atoms with van der Waals surface area (Å²) >= 11 is 13.9. The van der Waals surface area contributed by atoms with Gasteiger partial charge in [-0.15, -0.1) is 47.0 Å². The monoisotopic (exact) mass is 432 g/mol. The lowest BCUT2D eigenvalue weighted by molar-refractivity contribution is -0.133. The fraction of sp³-hybridized carbons (Fsp3) is 0.364. The SMILES string of the molecule is CSC1=C(SC)SC(=C2SC(SC)=C(SCC(=O)O)S2)S1. The molecule has 2 aliphatic rings. The van der Waals surface area contributed by atoms with E-state index < -0.39 is 5.97 Å². The van der Waals surface area contributed by atoms with Crippen LogP contribution in [0.2, 0.25) is 0 Å². The second-order valence-corrected chi connectivity index (χ2v) is 12.5. The predicted molar refractivity (Wildman–Crippen MR) is 112 cm³/mol. The van der Waals surface area contributed by atoms with Crippen molar-refractivity contribution in [3.8, 4) is 0 Å². The second kappa shape index (κ2) is 9.10. The third-order valence-electron chi connectivity index (χ3n) is 2.12. The quantitative estimate of drug-likeness (QED) is 0.521. The van der Waals surface area contributed by atoms with Gasteiger partial charge in [0.15, 0.2) is 0 Å². The van der Waals surface area contributed by atoms with Crippen molar-refractivity contribution in [2.75, 3.05) is 24.5 Å². The summed E-state index contributed by atoms with van der Waals surface area (Å²) in [4.78, 5) is 10.8. The summed E-state index contributed by atoms with van der Waals surface area (Å²) in [5, 5.41) is 8.84. The molecule has 0 fully saturated rings. The smallest absolute Gasteiger partial charge is 0.313 e. The van der Waals surface area contributed by atoms with Gasteiger partial charge in [-0.05, 0) is 18.8 Å². The normalized spacial score (nSPS) is 19.2. The van der Waals surface area contributed by atoms with Gasteiger partial charge >= 0.3 is 5.97 Å². The fourth-order valence-corrected chi connectivity index (χ4v) is 11.7. The molecule has 1 N–H and O–H groups in total. The molecule has 0 saturated carbocycles. The molecule has 116 valence electrons. The Bertz CT molecular complexity index is 518. The average molecular weight is 433 g/mol. The van der Waals surface area contributed by atoms with Gasteiger partial charge in [-0.2, -0.15) is 0 Å². The molecule has 0 atom stereocenters. The third-order valence-corrected chi connectivity index (χ3v) is 13.2. The van der Waals surface area contributed by atoms with Crippen LogP contribution in [0.25, 0.3) is 0 Å².